The molecule has 0 radical (unpaired) electrons. The molecular weight excluding hydrogens is 466 g/mol. The molecular formula is C26H29N3O3S2. The Bertz CT molecular complexity index is 1300. The number of carbonyl (C=O) groups excluding carboxylic acids is 1. The quantitative estimate of drug-likeness (QED) is 0.510. The molecule has 2 aliphatic rings. The zero-order valence-electron chi connectivity index (χ0n) is 19.3. The average Bonchev–Trinajstić information content (AvgIpc) is 3.56. The van der Waals surface area contributed by atoms with Crippen molar-refractivity contribution in [1.29, 1.82) is 0 Å². The molecule has 3 heterocycles. The van der Waals surface area contributed by atoms with E-state index in [2.05, 4.69) is 17.0 Å². The molecule has 0 saturated carbocycles. The molecule has 2 aliphatic heterocycles. The first-order valence-corrected chi connectivity index (χ1v) is 14.0. The van der Waals surface area contributed by atoms with E-state index in [4.69, 9.17) is 0 Å². The molecule has 5 rings (SSSR count). The van der Waals surface area contributed by atoms with Crippen molar-refractivity contribution in [2.24, 2.45) is 0 Å². The Labute approximate surface area is 205 Å². The zero-order valence-corrected chi connectivity index (χ0v) is 20.9. The summed E-state index contributed by atoms with van der Waals surface area (Å²) in [7, 11) is -1.91. The fourth-order valence-electron chi connectivity index (χ4n) is 4.83. The van der Waals surface area contributed by atoms with Crippen LogP contribution in [0.25, 0.3) is 0 Å². The van der Waals surface area contributed by atoms with E-state index in [0.717, 1.165) is 30.6 Å². The molecule has 1 aromatic heterocycles. The van der Waals surface area contributed by atoms with Gasteiger partial charge in [-0.05, 0) is 66.1 Å². The fraction of sp³-hybridized carbons (Fsp3) is 0.346. The number of fused-ring (bicyclic) bond motifs is 1. The Hall–Kier alpha value is -2.68. The van der Waals surface area contributed by atoms with Gasteiger partial charge in [0.25, 0.3) is 5.91 Å². The van der Waals surface area contributed by atoms with Crippen LogP contribution in [0.1, 0.15) is 39.2 Å². The lowest BCUT2D eigenvalue weighted by Crippen LogP contribution is -2.35. The van der Waals surface area contributed by atoms with Crippen LogP contribution in [-0.2, 0) is 29.5 Å². The summed E-state index contributed by atoms with van der Waals surface area (Å²) in [5.74, 6) is -0.188. The van der Waals surface area contributed by atoms with E-state index in [1.54, 1.807) is 41.5 Å². The highest BCUT2D eigenvalue weighted by Gasteiger charge is 2.29. The van der Waals surface area contributed by atoms with Crippen LogP contribution in [0, 0.1) is 0 Å². The number of anilines is 1. The van der Waals surface area contributed by atoms with Crippen LogP contribution in [0.4, 0.5) is 5.69 Å². The van der Waals surface area contributed by atoms with Gasteiger partial charge in [-0.2, -0.15) is 4.31 Å². The normalized spacial score (nSPS) is 16.4. The van der Waals surface area contributed by atoms with Gasteiger partial charge in [-0.3, -0.25) is 4.79 Å². The molecule has 0 spiro atoms. The Morgan fingerprint density at radius 3 is 2.65 bits per heavy atom. The van der Waals surface area contributed by atoms with Gasteiger partial charge >= 0.3 is 0 Å². The monoisotopic (exact) mass is 495 g/mol. The van der Waals surface area contributed by atoms with Crippen LogP contribution >= 0.6 is 11.3 Å². The first-order chi connectivity index (χ1) is 16.4. The molecule has 1 saturated heterocycles. The van der Waals surface area contributed by atoms with Crippen molar-refractivity contribution < 1.29 is 13.2 Å². The lowest BCUT2D eigenvalue weighted by molar-refractivity contribution is 0.0785. The third kappa shape index (κ3) is 4.50. The number of amides is 1. The van der Waals surface area contributed by atoms with Crippen molar-refractivity contribution in [3.8, 4) is 0 Å². The van der Waals surface area contributed by atoms with Crippen LogP contribution in [-0.4, -0.2) is 50.2 Å². The van der Waals surface area contributed by atoms with Gasteiger partial charge in [-0.15, -0.1) is 11.3 Å². The van der Waals surface area contributed by atoms with E-state index >= 15 is 0 Å². The minimum Gasteiger partial charge on any atom is -0.371 e. The summed E-state index contributed by atoms with van der Waals surface area (Å²) in [6.45, 7) is 3.39. The lowest BCUT2D eigenvalue weighted by Gasteiger charge is -2.26. The number of rotatable bonds is 6. The molecule has 2 aromatic carbocycles. The molecule has 1 fully saturated rings. The van der Waals surface area contributed by atoms with Crippen molar-refractivity contribution in [2.75, 3.05) is 31.6 Å². The number of para-hydroxylation sites is 1. The predicted molar refractivity (Wildman–Crippen MR) is 136 cm³/mol. The summed E-state index contributed by atoms with van der Waals surface area (Å²) in [4.78, 5) is 18.7. The molecule has 3 aromatic rings. The minimum atomic E-state index is -3.68. The van der Waals surface area contributed by atoms with Gasteiger partial charge in [0.15, 0.2) is 0 Å². The first kappa shape index (κ1) is 23.1. The van der Waals surface area contributed by atoms with E-state index in [0.29, 0.717) is 25.2 Å². The first-order valence-electron chi connectivity index (χ1n) is 11.7. The average molecular weight is 496 g/mol. The second-order valence-corrected chi connectivity index (χ2v) is 11.9. The minimum absolute atomic E-state index is 0.169. The molecule has 0 N–H and O–H groups in total. The van der Waals surface area contributed by atoms with E-state index in [1.807, 2.05) is 23.6 Å². The molecule has 6 nitrogen and oxygen atoms in total. The summed E-state index contributed by atoms with van der Waals surface area (Å²) < 4.78 is 28.2. The van der Waals surface area contributed by atoms with Crippen LogP contribution < -0.4 is 4.90 Å². The van der Waals surface area contributed by atoms with Crippen molar-refractivity contribution in [2.45, 2.75) is 37.2 Å². The summed E-state index contributed by atoms with van der Waals surface area (Å²) >= 11 is 1.68. The summed E-state index contributed by atoms with van der Waals surface area (Å²) in [6.07, 6.45) is 3.11. The van der Waals surface area contributed by atoms with E-state index in [9.17, 15) is 13.2 Å². The maximum Gasteiger partial charge on any atom is 0.253 e. The summed E-state index contributed by atoms with van der Waals surface area (Å²) in [6, 6.07) is 16.7. The van der Waals surface area contributed by atoms with Gasteiger partial charge in [0.2, 0.25) is 10.0 Å². The van der Waals surface area contributed by atoms with Crippen LogP contribution in [0.3, 0.4) is 0 Å². The maximum atomic E-state index is 13.3. The Morgan fingerprint density at radius 2 is 1.82 bits per heavy atom. The van der Waals surface area contributed by atoms with E-state index in [-0.39, 0.29) is 10.8 Å². The molecule has 8 heteroatoms. The zero-order chi connectivity index (χ0) is 23.7. The largest absolute Gasteiger partial charge is 0.371 e. The highest BCUT2D eigenvalue weighted by molar-refractivity contribution is 7.89. The fourth-order valence-corrected chi connectivity index (χ4v) is 7.18. The predicted octanol–water partition coefficient (Wildman–Crippen LogP) is 4.37. The number of carbonyl (C=O) groups is 1. The van der Waals surface area contributed by atoms with Crippen LogP contribution in [0.5, 0.6) is 0 Å². The van der Waals surface area contributed by atoms with Gasteiger partial charge in [0.1, 0.15) is 0 Å². The van der Waals surface area contributed by atoms with Crippen LogP contribution in [0.2, 0.25) is 0 Å². The van der Waals surface area contributed by atoms with Gasteiger partial charge in [0, 0.05) is 55.9 Å². The van der Waals surface area contributed by atoms with Crippen molar-refractivity contribution in [3.05, 3.63) is 81.5 Å². The second-order valence-electron chi connectivity index (χ2n) is 8.97. The Kier molecular flexibility index (Phi) is 6.46. The van der Waals surface area contributed by atoms with Gasteiger partial charge < -0.3 is 9.80 Å². The standard InChI is InChI=1S/C26H29N3O3S2/c1-27(18-21-7-2-3-10-24(21)28-13-4-5-14-28)26(30)20-8-6-9-23(17-20)34(31,32)29-15-11-25-22(19-29)12-16-33-25/h2-3,6-10,12,16-17H,4-5,11,13-15,18-19H2,1H3. The third-order valence-electron chi connectivity index (χ3n) is 6.68. The smallest absolute Gasteiger partial charge is 0.253 e. The summed E-state index contributed by atoms with van der Waals surface area (Å²) in [5.41, 5.74) is 3.73. The highest BCUT2D eigenvalue weighted by Crippen LogP contribution is 2.29. The highest BCUT2D eigenvalue weighted by atomic mass is 32.2. The number of hydrogen-bond acceptors (Lipinski definition) is 5. The topological polar surface area (TPSA) is 60.9 Å². The van der Waals surface area contributed by atoms with E-state index < -0.39 is 10.0 Å². The molecule has 0 aliphatic carbocycles. The molecule has 178 valence electrons. The Morgan fingerprint density at radius 1 is 1.03 bits per heavy atom. The van der Waals surface area contributed by atoms with Crippen molar-refractivity contribution in [1.82, 2.24) is 9.21 Å². The lowest BCUT2D eigenvalue weighted by atomic mass is 10.1. The number of hydrogen-bond donors (Lipinski definition) is 0. The number of nitrogens with zero attached hydrogens (tertiary/aromatic N) is 3. The van der Waals surface area contributed by atoms with Gasteiger partial charge in [0.05, 0.1) is 4.90 Å². The van der Waals surface area contributed by atoms with Crippen molar-refractivity contribution in [3.63, 3.8) is 0 Å². The van der Waals surface area contributed by atoms with E-state index in [1.165, 1.54) is 33.8 Å². The second kappa shape index (κ2) is 9.52. The SMILES string of the molecule is CN(Cc1ccccc1N1CCCC1)C(=O)c1cccc(S(=O)(=O)N2CCc3sccc3C2)c1. The summed E-state index contributed by atoms with van der Waals surface area (Å²) in [5, 5.41) is 2.01. The van der Waals surface area contributed by atoms with Gasteiger partial charge in [-0.25, -0.2) is 8.42 Å². The molecule has 0 atom stereocenters. The molecule has 1 amide bonds. The maximum absolute atomic E-state index is 13.3. The molecule has 0 unspecified atom stereocenters. The number of benzene rings is 2. The van der Waals surface area contributed by atoms with Crippen molar-refractivity contribution >= 4 is 33.0 Å². The number of thiophene rings is 1. The molecule has 0 bridgehead atoms. The molecule has 34 heavy (non-hydrogen) atoms. The van der Waals surface area contributed by atoms with Gasteiger partial charge in [-0.1, -0.05) is 24.3 Å². The van der Waals surface area contributed by atoms with Crippen LogP contribution in [0.15, 0.2) is 64.9 Å². The third-order valence-corrected chi connectivity index (χ3v) is 9.55. The number of sulfonamides is 1. The Balaban J connectivity index is 1.34.